The van der Waals surface area contributed by atoms with Gasteiger partial charge in [-0.15, -0.1) is 10.2 Å². The Morgan fingerprint density at radius 2 is 2.18 bits per heavy atom. The van der Waals surface area contributed by atoms with Gasteiger partial charge >= 0.3 is 0 Å². The summed E-state index contributed by atoms with van der Waals surface area (Å²) in [4.78, 5) is 0. The van der Waals surface area contributed by atoms with E-state index in [1.807, 2.05) is 30.3 Å². The van der Waals surface area contributed by atoms with E-state index in [4.69, 9.17) is 10.00 Å². The lowest BCUT2D eigenvalue weighted by molar-refractivity contribution is 0.415. The van der Waals surface area contributed by atoms with Crippen LogP contribution < -0.4 is 4.74 Å². The summed E-state index contributed by atoms with van der Waals surface area (Å²) in [7, 11) is 1.60. The topological polar surface area (TPSA) is 87.5 Å². The lowest BCUT2D eigenvalue weighted by atomic mass is 10.1. The van der Waals surface area contributed by atoms with Gasteiger partial charge in [0, 0.05) is 0 Å². The van der Waals surface area contributed by atoms with E-state index in [-0.39, 0.29) is 5.82 Å². The number of methoxy groups -OCH3 is 1. The molecule has 2 aromatic rings. The molecule has 0 bridgehead atoms. The van der Waals surface area contributed by atoms with Crippen molar-refractivity contribution in [3.8, 4) is 11.8 Å². The van der Waals surface area contributed by atoms with Crippen LogP contribution in [0.2, 0.25) is 0 Å². The van der Waals surface area contributed by atoms with Crippen molar-refractivity contribution < 1.29 is 4.74 Å². The lowest BCUT2D eigenvalue weighted by Gasteiger charge is -1.99. The van der Waals surface area contributed by atoms with Gasteiger partial charge < -0.3 is 4.74 Å². The maximum Gasteiger partial charge on any atom is 0.215 e. The Balaban J connectivity index is 2.31. The number of H-pyrrole nitrogens is 1. The lowest BCUT2D eigenvalue weighted by Crippen LogP contribution is -1.86. The standard InChI is InChI=1S/C11H9N5O/c1-17-10-4-2-8(3-5-10)6-9(7-12)11-13-15-16-14-11/h2-6H,1H3,(H,13,14,15,16)/b9-6+. The number of ether oxygens (including phenoxy) is 1. The second-order valence-corrected chi connectivity index (χ2v) is 3.18. The molecule has 0 saturated carbocycles. The summed E-state index contributed by atoms with van der Waals surface area (Å²) in [5.41, 5.74) is 1.22. The molecule has 2 rings (SSSR count). The van der Waals surface area contributed by atoms with Crippen LogP contribution in [-0.4, -0.2) is 27.7 Å². The molecule has 1 aromatic heterocycles. The molecule has 0 fully saturated rings. The molecule has 6 nitrogen and oxygen atoms in total. The van der Waals surface area contributed by atoms with Crippen molar-refractivity contribution >= 4 is 11.6 Å². The minimum absolute atomic E-state index is 0.281. The van der Waals surface area contributed by atoms with Crippen molar-refractivity contribution in [3.63, 3.8) is 0 Å². The number of hydrogen-bond donors (Lipinski definition) is 1. The van der Waals surface area contributed by atoms with Gasteiger partial charge in [-0.3, -0.25) is 0 Å². The maximum absolute atomic E-state index is 9.00. The SMILES string of the molecule is COc1ccc(/C=C(\C#N)c2nn[nH]n2)cc1. The second kappa shape index (κ2) is 4.90. The zero-order valence-corrected chi connectivity index (χ0v) is 9.08. The van der Waals surface area contributed by atoms with E-state index in [0.29, 0.717) is 5.57 Å². The normalized spacial score (nSPS) is 10.9. The fourth-order valence-corrected chi connectivity index (χ4v) is 1.29. The zero-order chi connectivity index (χ0) is 12.1. The van der Waals surface area contributed by atoms with E-state index in [1.165, 1.54) is 0 Å². The molecule has 6 heteroatoms. The van der Waals surface area contributed by atoms with Crippen molar-refractivity contribution in [1.29, 1.82) is 5.26 Å². The third kappa shape index (κ3) is 2.46. The molecule has 0 aliphatic rings. The quantitative estimate of drug-likeness (QED) is 0.798. The Labute approximate surface area is 97.5 Å². The van der Waals surface area contributed by atoms with Gasteiger partial charge in [0.25, 0.3) is 0 Å². The predicted molar refractivity (Wildman–Crippen MR) is 60.7 cm³/mol. The van der Waals surface area contributed by atoms with Crippen molar-refractivity contribution in [2.75, 3.05) is 7.11 Å². The average molecular weight is 227 g/mol. The molecule has 84 valence electrons. The van der Waals surface area contributed by atoms with Crippen molar-refractivity contribution in [2.45, 2.75) is 0 Å². The average Bonchev–Trinajstić information content (AvgIpc) is 2.90. The molecule has 0 spiro atoms. The number of aromatic amines is 1. The van der Waals surface area contributed by atoms with Crippen molar-refractivity contribution in [2.24, 2.45) is 0 Å². The molecule has 0 atom stereocenters. The Bertz CT molecular complexity index is 551. The summed E-state index contributed by atoms with van der Waals surface area (Å²) in [6.45, 7) is 0. The first-order valence-corrected chi connectivity index (χ1v) is 4.83. The highest BCUT2D eigenvalue weighted by atomic mass is 16.5. The highest BCUT2D eigenvalue weighted by Gasteiger charge is 2.05. The second-order valence-electron chi connectivity index (χ2n) is 3.18. The Hall–Kier alpha value is -2.68. The first kappa shape index (κ1) is 10.8. The van der Waals surface area contributed by atoms with E-state index in [9.17, 15) is 0 Å². The Morgan fingerprint density at radius 1 is 1.41 bits per heavy atom. The summed E-state index contributed by atoms with van der Waals surface area (Å²) >= 11 is 0. The molecule has 0 aliphatic heterocycles. The molecular weight excluding hydrogens is 218 g/mol. The molecule has 0 radical (unpaired) electrons. The van der Waals surface area contributed by atoms with Gasteiger partial charge in [0.05, 0.1) is 7.11 Å². The monoisotopic (exact) mass is 227 g/mol. The van der Waals surface area contributed by atoms with Crippen LogP contribution in [0.1, 0.15) is 11.4 Å². The number of benzene rings is 1. The Morgan fingerprint density at radius 3 is 2.71 bits per heavy atom. The van der Waals surface area contributed by atoms with Crippen LogP contribution in [-0.2, 0) is 0 Å². The first-order valence-electron chi connectivity index (χ1n) is 4.83. The fraction of sp³-hybridized carbons (Fsp3) is 0.0909. The highest BCUT2D eigenvalue weighted by molar-refractivity contribution is 5.86. The number of nitriles is 1. The van der Waals surface area contributed by atoms with Crippen LogP contribution >= 0.6 is 0 Å². The molecule has 1 heterocycles. The third-order valence-electron chi connectivity index (χ3n) is 2.13. The van der Waals surface area contributed by atoms with Crippen LogP contribution in [0, 0.1) is 11.3 Å². The van der Waals surface area contributed by atoms with E-state index in [2.05, 4.69) is 20.6 Å². The van der Waals surface area contributed by atoms with Crippen LogP contribution in [0.15, 0.2) is 24.3 Å². The molecule has 0 saturated heterocycles. The van der Waals surface area contributed by atoms with Crippen LogP contribution in [0.3, 0.4) is 0 Å². The smallest absolute Gasteiger partial charge is 0.215 e. The van der Waals surface area contributed by atoms with E-state index >= 15 is 0 Å². The van der Waals surface area contributed by atoms with Gasteiger partial charge in [0.15, 0.2) is 0 Å². The van der Waals surface area contributed by atoms with Gasteiger partial charge in [-0.25, -0.2) is 0 Å². The minimum atomic E-state index is 0.281. The first-order chi connectivity index (χ1) is 8.33. The number of allylic oxidation sites excluding steroid dienone is 1. The largest absolute Gasteiger partial charge is 0.497 e. The molecule has 0 unspecified atom stereocenters. The molecule has 0 aliphatic carbocycles. The van der Waals surface area contributed by atoms with Gasteiger partial charge in [-0.1, -0.05) is 12.1 Å². The van der Waals surface area contributed by atoms with Crippen LogP contribution in [0.5, 0.6) is 5.75 Å². The number of nitrogens with one attached hydrogen (secondary N) is 1. The maximum atomic E-state index is 9.00. The minimum Gasteiger partial charge on any atom is -0.497 e. The zero-order valence-electron chi connectivity index (χ0n) is 9.08. The highest BCUT2D eigenvalue weighted by Crippen LogP contribution is 2.16. The summed E-state index contributed by atoms with van der Waals surface area (Å²) in [5.74, 6) is 1.04. The number of rotatable bonds is 3. The number of tetrazole rings is 1. The van der Waals surface area contributed by atoms with Gasteiger partial charge in [0.1, 0.15) is 17.4 Å². The molecular formula is C11H9N5O. The van der Waals surface area contributed by atoms with Crippen molar-refractivity contribution in [3.05, 3.63) is 35.7 Å². The molecule has 0 amide bonds. The summed E-state index contributed by atoms with van der Waals surface area (Å²) in [6, 6.07) is 9.35. The predicted octanol–water partition coefficient (Wildman–Crippen LogP) is 1.27. The van der Waals surface area contributed by atoms with Gasteiger partial charge in [-0.05, 0) is 29.0 Å². The summed E-state index contributed by atoms with van der Waals surface area (Å²) in [6.07, 6.45) is 1.68. The van der Waals surface area contributed by atoms with Crippen LogP contribution in [0.25, 0.3) is 11.6 Å². The number of nitrogens with zero attached hydrogens (tertiary/aromatic N) is 4. The molecule has 17 heavy (non-hydrogen) atoms. The van der Waals surface area contributed by atoms with Gasteiger partial charge in [-0.2, -0.15) is 10.5 Å². The molecule has 1 N–H and O–H groups in total. The fourth-order valence-electron chi connectivity index (χ4n) is 1.29. The number of hydrogen-bond acceptors (Lipinski definition) is 5. The van der Waals surface area contributed by atoms with E-state index in [0.717, 1.165) is 11.3 Å². The van der Waals surface area contributed by atoms with E-state index < -0.39 is 0 Å². The van der Waals surface area contributed by atoms with E-state index in [1.54, 1.807) is 13.2 Å². The van der Waals surface area contributed by atoms with Crippen molar-refractivity contribution in [1.82, 2.24) is 20.6 Å². The Kier molecular flexibility index (Phi) is 3.12. The number of aromatic nitrogens is 4. The van der Waals surface area contributed by atoms with Gasteiger partial charge in [0.2, 0.25) is 5.82 Å². The van der Waals surface area contributed by atoms with Crippen LogP contribution in [0.4, 0.5) is 0 Å². The summed E-state index contributed by atoms with van der Waals surface area (Å²) in [5, 5.41) is 22.2. The summed E-state index contributed by atoms with van der Waals surface area (Å²) < 4.78 is 5.05. The third-order valence-corrected chi connectivity index (χ3v) is 2.13. The molecule has 1 aromatic carbocycles.